The molecule has 0 N–H and O–H groups in total. The third-order valence-corrected chi connectivity index (χ3v) is 7.22. The summed E-state index contributed by atoms with van der Waals surface area (Å²) in [4.78, 5) is 31.4. The Bertz CT molecular complexity index is 914. The number of amides is 2. The number of nitrogens with zero attached hydrogens (tertiary/aromatic N) is 2. The van der Waals surface area contributed by atoms with Gasteiger partial charge in [-0.15, -0.1) is 11.3 Å². The normalized spacial score (nSPS) is 20.9. The van der Waals surface area contributed by atoms with E-state index in [0.29, 0.717) is 6.54 Å². The van der Waals surface area contributed by atoms with E-state index in [1.807, 2.05) is 34.1 Å². The van der Waals surface area contributed by atoms with Crippen molar-refractivity contribution in [1.29, 1.82) is 0 Å². The summed E-state index contributed by atoms with van der Waals surface area (Å²) >= 11 is 1.76. The van der Waals surface area contributed by atoms with Gasteiger partial charge in [0.2, 0.25) is 11.8 Å². The molecule has 0 saturated heterocycles. The molecule has 2 fully saturated rings. The van der Waals surface area contributed by atoms with Crippen molar-refractivity contribution in [2.75, 3.05) is 20.2 Å². The quantitative estimate of drug-likeness (QED) is 0.731. The Balaban J connectivity index is 1.42. The van der Waals surface area contributed by atoms with Crippen molar-refractivity contribution in [1.82, 2.24) is 9.80 Å². The van der Waals surface area contributed by atoms with Gasteiger partial charge in [-0.3, -0.25) is 9.59 Å². The van der Waals surface area contributed by atoms with Gasteiger partial charge in [-0.05, 0) is 66.8 Å². The molecule has 2 amide bonds. The molecule has 1 atom stereocenters. The third-order valence-electron chi connectivity index (χ3n) is 6.22. The molecular formula is C23H26N2O3S. The average molecular weight is 411 g/mol. The van der Waals surface area contributed by atoms with E-state index in [1.165, 1.54) is 10.4 Å². The van der Waals surface area contributed by atoms with Crippen LogP contribution in [0.25, 0.3) is 0 Å². The van der Waals surface area contributed by atoms with Crippen molar-refractivity contribution in [3.8, 4) is 5.75 Å². The second-order valence-electron chi connectivity index (χ2n) is 8.28. The van der Waals surface area contributed by atoms with Crippen LogP contribution < -0.4 is 4.74 Å². The highest BCUT2D eigenvalue weighted by Gasteiger charge is 2.42. The molecule has 1 aliphatic heterocycles. The zero-order chi connectivity index (χ0) is 20.0. The molecule has 3 aliphatic rings. The maximum absolute atomic E-state index is 13.4. The minimum Gasteiger partial charge on any atom is -0.497 e. The van der Waals surface area contributed by atoms with Gasteiger partial charge in [-0.25, -0.2) is 0 Å². The van der Waals surface area contributed by atoms with Crippen molar-refractivity contribution in [3.63, 3.8) is 0 Å². The van der Waals surface area contributed by atoms with Crippen LogP contribution in [0.5, 0.6) is 5.75 Å². The van der Waals surface area contributed by atoms with E-state index < -0.39 is 0 Å². The van der Waals surface area contributed by atoms with Gasteiger partial charge < -0.3 is 14.5 Å². The van der Waals surface area contributed by atoms with Crippen LogP contribution in [0.1, 0.15) is 47.7 Å². The molecule has 152 valence electrons. The van der Waals surface area contributed by atoms with E-state index in [1.54, 1.807) is 18.4 Å². The summed E-state index contributed by atoms with van der Waals surface area (Å²) in [5, 5.41) is 2.11. The Morgan fingerprint density at radius 2 is 1.90 bits per heavy atom. The first-order valence-electron chi connectivity index (χ1n) is 10.5. The van der Waals surface area contributed by atoms with Gasteiger partial charge in [0.1, 0.15) is 12.3 Å². The molecule has 1 aromatic carbocycles. The molecule has 5 nitrogen and oxygen atoms in total. The van der Waals surface area contributed by atoms with Crippen molar-refractivity contribution in [2.45, 2.75) is 44.2 Å². The number of thiophene rings is 1. The topological polar surface area (TPSA) is 49.9 Å². The minimum atomic E-state index is -0.0968. The first kappa shape index (κ1) is 18.7. The van der Waals surface area contributed by atoms with Gasteiger partial charge in [0.25, 0.3) is 0 Å². The zero-order valence-electron chi connectivity index (χ0n) is 16.7. The highest BCUT2D eigenvalue weighted by molar-refractivity contribution is 7.10. The van der Waals surface area contributed by atoms with E-state index >= 15 is 0 Å². The van der Waals surface area contributed by atoms with E-state index in [2.05, 4.69) is 11.4 Å². The second kappa shape index (κ2) is 7.48. The zero-order valence-corrected chi connectivity index (χ0v) is 17.5. The number of rotatable bonds is 6. The van der Waals surface area contributed by atoms with Crippen molar-refractivity contribution in [3.05, 3.63) is 51.7 Å². The second-order valence-corrected chi connectivity index (χ2v) is 9.28. The third kappa shape index (κ3) is 3.66. The molecule has 1 unspecified atom stereocenters. The van der Waals surface area contributed by atoms with Gasteiger partial charge in [0.05, 0.1) is 13.2 Å². The number of fused-ring (bicyclic) bond motifs is 1. The standard InChI is InChI=1S/C23H26N2O3S/c1-28-18-8-4-15(5-9-18)22-19-11-13-29-20(19)10-12-24(22)21(26)14-25(17-6-7-17)23(27)16-2-3-16/h4-5,8-9,11,13,16-17,22H,2-3,6-7,10,12,14H2,1H3. The Morgan fingerprint density at radius 1 is 1.14 bits per heavy atom. The summed E-state index contributed by atoms with van der Waals surface area (Å²) in [6.07, 6.45) is 4.90. The van der Waals surface area contributed by atoms with Crippen LogP contribution in [0.2, 0.25) is 0 Å². The first-order chi connectivity index (χ1) is 14.2. The maximum atomic E-state index is 13.4. The van der Waals surface area contributed by atoms with Crippen LogP contribution in [0, 0.1) is 5.92 Å². The van der Waals surface area contributed by atoms with Crippen molar-refractivity contribution < 1.29 is 14.3 Å². The number of hydrogen-bond donors (Lipinski definition) is 0. The molecular weight excluding hydrogens is 384 g/mol. The van der Waals surface area contributed by atoms with Gasteiger partial charge in [-0.2, -0.15) is 0 Å². The smallest absolute Gasteiger partial charge is 0.243 e. The molecule has 2 aliphatic carbocycles. The fourth-order valence-corrected chi connectivity index (χ4v) is 5.21. The molecule has 0 radical (unpaired) electrons. The monoisotopic (exact) mass is 410 g/mol. The minimum absolute atomic E-state index is 0.0589. The summed E-state index contributed by atoms with van der Waals surface area (Å²) in [5.74, 6) is 1.21. The Morgan fingerprint density at radius 3 is 2.55 bits per heavy atom. The van der Waals surface area contributed by atoms with Crippen molar-refractivity contribution >= 4 is 23.2 Å². The van der Waals surface area contributed by atoms with Crippen LogP contribution in [-0.4, -0.2) is 47.9 Å². The van der Waals surface area contributed by atoms with Gasteiger partial charge in [-0.1, -0.05) is 12.1 Å². The van der Waals surface area contributed by atoms with Crippen molar-refractivity contribution in [2.24, 2.45) is 5.92 Å². The molecule has 5 rings (SSSR count). The lowest BCUT2D eigenvalue weighted by Crippen LogP contribution is -2.47. The van der Waals surface area contributed by atoms with Crippen LogP contribution in [0.4, 0.5) is 0 Å². The Labute approximate surface area is 175 Å². The first-order valence-corrected chi connectivity index (χ1v) is 11.3. The number of methoxy groups -OCH3 is 1. The lowest BCUT2D eigenvalue weighted by atomic mass is 9.93. The molecule has 2 heterocycles. The fraction of sp³-hybridized carbons (Fsp3) is 0.478. The molecule has 2 aromatic rings. The summed E-state index contributed by atoms with van der Waals surface area (Å²) in [6.45, 7) is 0.908. The predicted octanol–water partition coefficient (Wildman–Crippen LogP) is 3.63. The summed E-state index contributed by atoms with van der Waals surface area (Å²) < 4.78 is 5.30. The van der Waals surface area contributed by atoms with E-state index in [9.17, 15) is 9.59 Å². The van der Waals surface area contributed by atoms with E-state index in [4.69, 9.17) is 4.74 Å². The number of carbonyl (C=O) groups is 2. The summed E-state index contributed by atoms with van der Waals surface area (Å²) in [7, 11) is 1.66. The highest BCUT2D eigenvalue weighted by atomic mass is 32.1. The van der Waals surface area contributed by atoms with Gasteiger partial charge in [0, 0.05) is 23.4 Å². The average Bonchev–Trinajstić information content (AvgIpc) is 3.68. The van der Waals surface area contributed by atoms with Gasteiger partial charge in [0.15, 0.2) is 0 Å². The van der Waals surface area contributed by atoms with Crippen LogP contribution in [0.15, 0.2) is 35.7 Å². The van der Waals surface area contributed by atoms with Gasteiger partial charge >= 0.3 is 0 Å². The lowest BCUT2D eigenvalue weighted by Gasteiger charge is -2.37. The molecule has 6 heteroatoms. The van der Waals surface area contributed by atoms with Crippen LogP contribution in [0.3, 0.4) is 0 Å². The predicted molar refractivity (Wildman–Crippen MR) is 112 cm³/mol. The largest absolute Gasteiger partial charge is 0.497 e. The SMILES string of the molecule is COc1ccc(C2c3ccsc3CCN2C(=O)CN(C(=O)C2CC2)C2CC2)cc1. The number of hydrogen-bond acceptors (Lipinski definition) is 4. The number of carbonyl (C=O) groups excluding carboxylic acids is 2. The van der Waals surface area contributed by atoms with Crippen LogP contribution >= 0.6 is 11.3 Å². The van der Waals surface area contributed by atoms with Crippen LogP contribution in [-0.2, 0) is 16.0 Å². The Hall–Kier alpha value is -2.34. The highest BCUT2D eigenvalue weighted by Crippen LogP contribution is 2.39. The summed E-state index contributed by atoms with van der Waals surface area (Å²) in [5.41, 5.74) is 2.30. The Kier molecular flexibility index (Phi) is 4.82. The summed E-state index contributed by atoms with van der Waals surface area (Å²) in [6, 6.07) is 10.3. The lowest BCUT2D eigenvalue weighted by molar-refractivity contribution is -0.143. The maximum Gasteiger partial charge on any atom is 0.243 e. The number of ether oxygens (including phenoxy) is 1. The molecule has 0 spiro atoms. The van der Waals surface area contributed by atoms with E-state index in [0.717, 1.165) is 43.4 Å². The molecule has 1 aromatic heterocycles. The molecule has 29 heavy (non-hydrogen) atoms. The fourth-order valence-electron chi connectivity index (χ4n) is 4.31. The molecule has 0 bridgehead atoms. The molecule has 2 saturated carbocycles. The van der Waals surface area contributed by atoms with E-state index in [-0.39, 0.29) is 36.4 Å². The number of benzene rings is 1.